The Balaban J connectivity index is 1.74. The molecule has 104 valence electrons. The van der Waals surface area contributed by atoms with Gasteiger partial charge in [0.1, 0.15) is 11.6 Å². The average Bonchev–Trinajstić information content (AvgIpc) is 3.01. The molecule has 0 bridgehead atoms. The number of likely N-dealkylation sites (tertiary alicyclic amines) is 1. The molecule has 1 aromatic carbocycles. The van der Waals surface area contributed by atoms with Crippen LogP contribution in [0.4, 0.5) is 8.78 Å². The zero-order valence-corrected chi connectivity index (χ0v) is 12.5. The fourth-order valence-electron chi connectivity index (χ4n) is 3.63. The Morgan fingerprint density at radius 1 is 1.16 bits per heavy atom. The summed E-state index contributed by atoms with van der Waals surface area (Å²) in [7, 11) is 0. The van der Waals surface area contributed by atoms with E-state index in [1.807, 2.05) is 0 Å². The average molecular weight is 330 g/mol. The van der Waals surface area contributed by atoms with Crippen LogP contribution in [-0.4, -0.2) is 18.0 Å². The topological polar surface area (TPSA) is 3.24 Å². The summed E-state index contributed by atoms with van der Waals surface area (Å²) in [6.07, 6.45) is 6.38. The normalized spacial score (nSPS) is 22.5. The molecule has 1 saturated heterocycles. The van der Waals surface area contributed by atoms with Crippen molar-refractivity contribution in [3.8, 4) is 0 Å². The molecular weight excluding hydrogens is 312 g/mol. The van der Waals surface area contributed by atoms with Crippen molar-refractivity contribution < 1.29 is 8.78 Å². The van der Waals surface area contributed by atoms with Gasteiger partial charge in [0.2, 0.25) is 0 Å². The molecule has 2 fully saturated rings. The summed E-state index contributed by atoms with van der Waals surface area (Å²) in [5.41, 5.74) is 0.642. The van der Waals surface area contributed by atoms with Gasteiger partial charge in [-0.05, 0) is 59.3 Å². The summed E-state index contributed by atoms with van der Waals surface area (Å²) in [6.45, 7) is 2.35. The lowest BCUT2D eigenvalue weighted by Gasteiger charge is -2.23. The lowest BCUT2D eigenvalue weighted by molar-refractivity contribution is 0.251. The van der Waals surface area contributed by atoms with Crippen LogP contribution in [0.15, 0.2) is 16.6 Å². The number of benzene rings is 1. The molecule has 3 rings (SSSR count). The Kier molecular flexibility index (Phi) is 3.65. The van der Waals surface area contributed by atoms with Crippen molar-refractivity contribution in [1.29, 1.82) is 0 Å². The summed E-state index contributed by atoms with van der Waals surface area (Å²) < 4.78 is 28.1. The van der Waals surface area contributed by atoms with E-state index in [-0.39, 0.29) is 5.56 Å². The van der Waals surface area contributed by atoms with Crippen LogP contribution in [0.2, 0.25) is 0 Å². The van der Waals surface area contributed by atoms with Crippen molar-refractivity contribution in [3.05, 3.63) is 33.8 Å². The minimum atomic E-state index is -0.452. The van der Waals surface area contributed by atoms with Crippen LogP contribution < -0.4 is 0 Å². The summed E-state index contributed by atoms with van der Waals surface area (Å²) in [4.78, 5) is 2.21. The summed E-state index contributed by atoms with van der Waals surface area (Å²) in [5.74, 6) is -0.888. The summed E-state index contributed by atoms with van der Waals surface area (Å²) in [5, 5.41) is 0. The van der Waals surface area contributed by atoms with Crippen LogP contribution >= 0.6 is 15.9 Å². The molecule has 1 aliphatic carbocycles. The van der Waals surface area contributed by atoms with Crippen LogP contribution in [-0.2, 0) is 6.54 Å². The number of hydrogen-bond acceptors (Lipinski definition) is 1. The van der Waals surface area contributed by atoms with Crippen molar-refractivity contribution in [2.45, 2.75) is 38.6 Å². The molecule has 0 amide bonds. The fraction of sp³-hybridized carbons (Fsp3) is 0.600. The molecule has 4 heteroatoms. The van der Waals surface area contributed by atoms with Crippen LogP contribution in [0.3, 0.4) is 0 Å². The first-order valence-electron chi connectivity index (χ1n) is 6.94. The van der Waals surface area contributed by atoms with Gasteiger partial charge in [0, 0.05) is 18.7 Å². The quantitative estimate of drug-likeness (QED) is 0.722. The molecule has 19 heavy (non-hydrogen) atoms. The number of halogens is 3. The minimum absolute atomic E-state index is 0.199. The zero-order chi connectivity index (χ0) is 13.5. The lowest BCUT2D eigenvalue weighted by Crippen LogP contribution is -2.25. The predicted molar refractivity (Wildman–Crippen MR) is 74.9 cm³/mol. The Morgan fingerprint density at radius 3 is 2.63 bits per heavy atom. The zero-order valence-electron chi connectivity index (χ0n) is 10.9. The fourth-order valence-corrected chi connectivity index (χ4v) is 4.00. The molecule has 0 aromatic heterocycles. The maximum atomic E-state index is 14.0. The molecule has 1 aliphatic heterocycles. The molecule has 1 aromatic rings. The summed E-state index contributed by atoms with van der Waals surface area (Å²) in [6, 6.07) is 2.76. The SMILES string of the molecule is Fc1ccc(Br)c(F)c1CN1CCC2(CCCC2)C1. The van der Waals surface area contributed by atoms with Gasteiger partial charge in [-0.2, -0.15) is 0 Å². The van der Waals surface area contributed by atoms with Gasteiger partial charge in [-0.25, -0.2) is 8.78 Å². The van der Waals surface area contributed by atoms with Gasteiger partial charge < -0.3 is 0 Å². The van der Waals surface area contributed by atoms with E-state index in [1.54, 1.807) is 0 Å². The first-order chi connectivity index (χ1) is 9.10. The highest BCUT2D eigenvalue weighted by Gasteiger charge is 2.40. The molecule has 0 N–H and O–H groups in total. The number of nitrogens with zero attached hydrogens (tertiary/aromatic N) is 1. The maximum absolute atomic E-state index is 14.0. The second kappa shape index (κ2) is 5.13. The summed E-state index contributed by atoms with van der Waals surface area (Å²) >= 11 is 3.13. The van der Waals surface area contributed by atoms with Crippen molar-refractivity contribution in [2.75, 3.05) is 13.1 Å². The van der Waals surface area contributed by atoms with Gasteiger partial charge in [-0.1, -0.05) is 12.8 Å². The van der Waals surface area contributed by atoms with E-state index in [0.29, 0.717) is 16.4 Å². The Labute approximate surface area is 121 Å². The second-order valence-corrected chi connectivity index (χ2v) is 6.84. The highest BCUT2D eigenvalue weighted by Crippen LogP contribution is 2.45. The van der Waals surface area contributed by atoms with Gasteiger partial charge in [0.25, 0.3) is 0 Å². The minimum Gasteiger partial charge on any atom is -0.298 e. The number of hydrogen-bond donors (Lipinski definition) is 0. The van der Waals surface area contributed by atoms with Crippen LogP contribution in [0.5, 0.6) is 0 Å². The molecule has 2 aliphatic rings. The predicted octanol–water partition coefficient (Wildman–Crippen LogP) is 4.49. The Morgan fingerprint density at radius 2 is 1.89 bits per heavy atom. The van der Waals surface area contributed by atoms with Gasteiger partial charge in [-0.3, -0.25) is 4.90 Å². The van der Waals surface area contributed by atoms with Crippen LogP contribution in [0.25, 0.3) is 0 Å². The Hall–Kier alpha value is -0.480. The molecule has 0 unspecified atom stereocenters. The highest BCUT2D eigenvalue weighted by molar-refractivity contribution is 9.10. The third kappa shape index (κ3) is 2.57. The first-order valence-corrected chi connectivity index (χ1v) is 7.74. The van der Waals surface area contributed by atoms with Gasteiger partial charge in [0.05, 0.1) is 4.47 Å². The van der Waals surface area contributed by atoms with Crippen LogP contribution in [0.1, 0.15) is 37.7 Å². The first kappa shape index (κ1) is 13.5. The van der Waals surface area contributed by atoms with Crippen molar-refractivity contribution in [3.63, 3.8) is 0 Å². The molecule has 1 saturated carbocycles. The van der Waals surface area contributed by atoms with E-state index in [2.05, 4.69) is 20.8 Å². The Bertz CT molecular complexity index is 483. The third-order valence-corrected chi connectivity index (χ3v) is 5.31. The molecule has 1 spiro atoms. The van der Waals surface area contributed by atoms with E-state index in [0.717, 1.165) is 13.1 Å². The monoisotopic (exact) mass is 329 g/mol. The molecule has 1 heterocycles. The molecular formula is C15H18BrF2N. The molecule has 0 radical (unpaired) electrons. The van der Waals surface area contributed by atoms with E-state index in [9.17, 15) is 8.78 Å². The van der Waals surface area contributed by atoms with Crippen molar-refractivity contribution >= 4 is 15.9 Å². The molecule has 1 nitrogen and oxygen atoms in total. The van der Waals surface area contributed by atoms with Gasteiger partial charge >= 0.3 is 0 Å². The van der Waals surface area contributed by atoms with Gasteiger partial charge in [-0.15, -0.1) is 0 Å². The van der Waals surface area contributed by atoms with Gasteiger partial charge in [0.15, 0.2) is 0 Å². The standard InChI is InChI=1S/C15H18BrF2N/c16-12-3-4-13(17)11(14(12)18)9-19-8-7-15(10-19)5-1-2-6-15/h3-4H,1-2,5-10H2. The maximum Gasteiger partial charge on any atom is 0.144 e. The third-order valence-electron chi connectivity index (χ3n) is 4.70. The molecule has 0 atom stereocenters. The smallest absolute Gasteiger partial charge is 0.144 e. The largest absolute Gasteiger partial charge is 0.298 e. The van der Waals surface area contributed by atoms with E-state index >= 15 is 0 Å². The second-order valence-electron chi connectivity index (χ2n) is 5.99. The van der Waals surface area contributed by atoms with Crippen molar-refractivity contribution in [1.82, 2.24) is 4.90 Å². The lowest BCUT2D eigenvalue weighted by atomic mass is 9.86. The van der Waals surface area contributed by atoms with E-state index in [1.165, 1.54) is 44.2 Å². The van der Waals surface area contributed by atoms with E-state index < -0.39 is 11.6 Å². The number of rotatable bonds is 2. The van der Waals surface area contributed by atoms with E-state index in [4.69, 9.17) is 0 Å². The van der Waals surface area contributed by atoms with Crippen molar-refractivity contribution in [2.24, 2.45) is 5.41 Å². The van der Waals surface area contributed by atoms with Crippen LogP contribution in [0, 0.1) is 17.0 Å². The highest BCUT2D eigenvalue weighted by atomic mass is 79.9.